The van der Waals surface area contributed by atoms with Crippen LogP contribution in [0, 0.1) is 0 Å². The third kappa shape index (κ3) is 2.64. The number of hydrogen-bond acceptors (Lipinski definition) is 2. The Bertz CT molecular complexity index is 393. The van der Waals surface area contributed by atoms with Crippen LogP contribution >= 0.6 is 0 Å². The summed E-state index contributed by atoms with van der Waals surface area (Å²) in [7, 11) is 0. The predicted molar refractivity (Wildman–Crippen MR) is 71.7 cm³/mol. The summed E-state index contributed by atoms with van der Waals surface area (Å²) in [5.41, 5.74) is 6.72. The molecule has 1 atom stereocenters. The third-order valence-corrected chi connectivity index (χ3v) is 3.52. The van der Waals surface area contributed by atoms with Crippen molar-refractivity contribution in [3.8, 4) is 0 Å². The van der Waals surface area contributed by atoms with E-state index in [2.05, 4.69) is 17.1 Å². The van der Waals surface area contributed by atoms with Gasteiger partial charge in [-0.3, -0.25) is 5.01 Å². The van der Waals surface area contributed by atoms with Gasteiger partial charge in [0.05, 0.1) is 6.04 Å². The van der Waals surface area contributed by atoms with Gasteiger partial charge in [0, 0.05) is 13.1 Å². The van der Waals surface area contributed by atoms with Crippen molar-refractivity contribution in [2.24, 2.45) is 5.73 Å². The number of benzene rings is 1. The normalized spacial score (nSPS) is 20.6. The third-order valence-electron chi connectivity index (χ3n) is 3.52. The maximum absolute atomic E-state index is 11.5. The Hall–Kier alpha value is -1.55. The number of rotatable bonds is 3. The van der Waals surface area contributed by atoms with E-state index in [1.807, 2.05) is 25.1 Å². The van der Waals surface area contributed by atoms with Crippen molar-refractivity contribution in [1.82, 2.24) is 10.0 Å². The van der Waals surface area contributed by atoms with Crippen LogP contribution in [0.4, 0.5) is 4.79 Å². The maximum Gasteiger partial charge on any atom is 0.329 e. The highest BCUT2D eigenvalue weighted by atomic mass is 16.2. The van der Waals surface area contributed by atoms with E-state index >= 15 is 0 Å². The molecule has 1 aromatic carbocycles. The first-order chi connectivity index (χ1) is 8.74. The molecule has 1 fully saturated rings. The minimum absolute atomic E-state index is 0.271. The van der Waals surface area contributed by atoms with Crippen LogP contribution < -0.4 is 5.73 Å². The van der Waals surface area contributed by atoms with Gasteiger partial charge in [0.25, 0.3) is 0 Å². The molecule has 1 aliphatic rings. The number of urea groups is 1. The molecule has 0 radical (unpaired) electrons. The van der Waals surface area contributed by atoms with Crippen LogP contribution in [-0.2, 0) is 0 Å². The number of amides is 2. The summed E-state index contributed by atoms with van der Waals surface area (Å²) in [6, 6.07) is 10.3. The lowest BCUT2D eigenvalue weighted by Gasteiger charge is -2.42. The van der Waals surface area contributed by atoms with Crippen LogP contribution in [0.3, 0.4) is 0 Å². The molecular weight excluding hydrogens is 226 g/mol. The highest BCUT2D eigenvalue weighted by Crippen LogP contribution is 2.31. The molecule has 1 unspecified atom stereocenters. The lowest BCUT2D eigenvalue weighted by molar-refractivity contribution is -0.0386. The zero-order valence-electron chi connectivity index (χ0n) is 10.9. The summed E-state index contributed by atoms with van der Waals surface area (Å²) in [6.45, 7) is 3.48. The first-order valence-corrected chi connectivity index (χ1v) is 6.62. The Kier molecular flexibility index (Phi) is 4.20. The number of nitrogens with zero attached hydrogens (tertiary/aromatic N) is 2. The molecule has 4 nitrogen and oxygen atoms in total. The standard InChI is InChI=1S/C14H21N3O/c1-2-16(14(15)18)17-11-7-6-10-13(17)12-8-4-3-5-9-12/h3-5,8-9,13H,2,6-7,10-11H2,1H3,(H2,15,18). The number of carbonyl (C=O) groups excluding carboxylic acids is 1. The average molecular weight is 247 g/mol. The Morgan fingerprint density at radius 1 is 1.39 bits per heavy atom. The van der Waals surface area contributed by atoms with Gasteiger partial charge in [0.2, 0.25) is 0 Å². The van der Waals surface area contributed by atoms with Gasteiger partial charge in [-0.05, 0) is 25.3 Å². The summed E-state index contributed by atoms with van der Waals surface area (Å²) in [4.78, 5) is 11.5. The van der Waals surface area contributed by atoms with Crippen LogP contribution in [0.5, 0.6) is 0 Å². The molecule has 1 saturated heterocycles. The van der Waals surface area contributed by atoms with Gasteiger partial charge in [0.1, 0.15) is 0 Å². The summed E-state index contributed by atoms with van der Waals surface area (Å²) >= 11 is 0. The van der Waals surface area contributed by atoms with E-state index in [0.29, 0.717) is 6.54 Å². The number of piperidine rings is 1. The predicted octanol–water partition coefficient (Wildman–Crippen LogP) is 2.53. The molecule has 1 aromatic rings. The number of nitrogens with two attached hydrogens (primary N) is 1. The van der Waals surface area contributed by atoms with Crippen LogP contribution in [0.2, 0.25) is 0 Å². The van der Waals surface area contributed by atoms with Crippen molar-refractivity contribution in [3.63, 3.8) is 0 Å². The lowest BCUT2D eigenvalue weighted by Crippen LogP contribution is -2.52. The Morgan fingerprint density at radius 3 is 2.72 bits per heavy atom. The Labute approximate surface area is 108 Å². The monoisotopic (exact) mass is 247 g/mol. The molecule has 18 heavy (non-hydrogen) atoms. The zero-order chi connectivity index (χ0) is 13.0. The molecular formula is C14H21N3O. The van der Waals surface area contributed by atoms with E-state index in [1.165, 1.54) is 12.0 Å². The molecule has 0 bridgehead atoms. The molecule has 2 amide bonds. The fourth-order valence-electron chi connectivity index (χ4n) is 2.68. The molecule has 98 valence electrons. The number of hydrazine groups is 1. The van der Waals surface area contributed by atoms with Gasteiger partial charge < -0.3 is 5.73 Å². The fourth-order valence-corrected chi connectivity index (χ4v) is 2.68. The summed E-state index contributed by atoms with van der Waals surface area (Å²) in [5.74, 6) is 0. The Balaban J connectivity index is 2.23. The van der Waals surface area contributed by atoms with E-state index in [-0.39, 0.29) is 12.1 Å². The second kappa shape index (κ2) is 5.87. The van der Waals surface area contributed by atoms with Gasteiger partial charge >= 0.3 is 6.03 Å². The molecule has 4 heteroatoms. The van der Waals surface area contributed by atoms with E-state index < -0.39 is 0 Å². The highest BCUT2D eigenvalue weighted by Gasteiger charge is 2.29. The van der Waals surface area contributed by atoms with E-state index in [1.54, 1.807) is 5.01 Å². The molecule has 2 N–H and O–H groups in total. The Morgan fingerprint density at radius 2 is 2.11 bits per heavy atom. The molecule has 0 spiro atoms. The summed E-state index contributed by atoms with van der Waals surface area (Å²) in [6.07, 6.45) is 3.40. The van der Waals surface area contributed by atoms with Crippen molar-refractivity contribution in [1.29, 1.82) is 0 Å². The first kappa shape index (κ1) is 12.9. The van der Waals surface area contributed by atoms with Gasteiger partial charge in [-0.15, -0.1) is 0 Å². The SMILES string of the molecule is CCN(C(N)=O)N1CCCCC1c1ccccc1. The van der Waals surface area contributed by atoms with Crippen molar-refractivity contribution >= 4 is 6.03 Å². The second-order valence-electron chi connectivity index (χ2n) is 4.64. The topological polar surface area (TPSA) is 49.6 Å². The molecule has 1 heterocycles. The fraction of sp³-hybridized carbons (Fsp3) is 0.500. The molecule has 0 aromatic heterocycles. The van der Waals surface area contributed by atoms with Crippen LogP contribution in [0.25, 0.3) is 0 Å². The first-order valence-electron chi connectivity index (χ1n) is 6.62. The highest BCUT2D eigenvalue weighted by molar-refractivity contribution is 5.71. The van der Waals surface area contributed by atoms with E-state index in [4.69, 9.17) is 5.73 Å². The van der Waals surface area contributed by atoms with Gasteiger partial charge in [-0.1, -0.05) is 36.8 Å². The largest absolute Gasteiger partial charge is 0.350 e. The minimum atomic E-state index is -0.361. The zero-order valence-corrected chi connectivity index (χ0v) is 10.9. The van der Waals surface area contributed by atoms with E-state index in [0.717, 1.165) is 19.4 Å². The molecule has 0 aliphatic carbocycles. The van der Waals surface area contributed by atoms with Crippen LogP contribution in [-0.4, -0.2) is 29.1 Å². The van der Waals surface area contributed by atoms with E-state index in [9.17, 15) is 4.79 Å². The number of hydrogen-bond donors (Lipinski definition) is 1. The lowest BCUT2D eigenvalue weighted by atomic mass is 9.97. The van der Waals surface area contributed by atoms with Gasteiger partial charge in [-0.25, -0.2) is 9.80 Å². The summed E-state index contributed by atoms with van der Waals surface area (Å²) < 4.78 is 0. The second-order valence-corrected chi connectivity index (χ2v) is 4.64. The van der Waals surface area contributed by atoms with Crippen molar-refractivity contribution in [2.45, 2.75) is 32.2 Å². The van der Waals surface area contributed by atoms with Crippen LogP contribution in [0.1, 0.15) is 37.8 Å². The van der Waals surface area contributed by atoms with Crippen molar-refractivity contribution < 1.29 is 4.79 Å². The number of carbonyl (C=O) groups is 1. The quantitative estimate of drug-likeness (QED) is 0.892. The van der Waals surface area contributed by atoms with Crippen molar-refractivity contribution in [3.05, 3.63) is 35.9 Å². The average Bonchev–Trinajstić information content (AvgIpc) is 2.41. The number of primary amides is 1. The van der Waals surface area contributed by atoms with Crippen molar-refractivity contribution in [2.75, 3.05) is 13.1 Å². The van der Waals surface area contributed by atoms with Gasteiger partial charge in [0.15, 0.2) is 0 Å². The minimum Gasteiger partial charge on any atom is -0.350 e. The smallest absolute Gasteiger partial charge is 0.329 e. The van der Waals surface area contributed by atoms with Gasteiger partial charge in [-0.2, -0.15) is 0 Å². The molecule has 1 aliphatic heterocycles. The molecule has 0 saturated carbocycles. The summed E-state index contributed by atoms with van der Waals surface area (Å²) in [5, 5.41) is 3.79. The maximum atomic E-state index is 11.5. The molecule has 2 rings (SSSR count). The van der Waals surface area contributed by atoms with Crippen LogP contribution in [0.15, 0.2) is 30.3 Å².